The summed E-state index contributed by atoms with van der Waals surface area (Å²) < 4.78 is 0. The number of hydrogen-bond acceptors (Lipinski definition) is 3. The summed E-state index contributed by atoms with van der Waals surface area (Å²) in [4.78, 5) is 11.8. The number of hydrogen-bond donors (Lipinski definition) is 3. The molecule has 1 atom stereocenters. The van der Waals surface area contributed by atoms with E-state index < -0.39 is 6.04 Å². The number of aryl methyl sites for hydroxylation is 1. The molecule has 4 nitrogen and oxygen atoms in total. The van der Waals surface area contributed by atoms with Gasteiger partial charge in [0.25, 0.3) is 0 Å². The van der Waals surface area contributed by atoms with E-state index in [1.54, 1.807) is 0 Å². The summed E-state index contributed by atoms with van der Waals surface area (Å²) in [6, 6.07) is 7.14. The Morgan fingerprint density at radius 3 is 2.78 bits per heavy atom. The Kier molecular flexibility index (Phi) is 5.82. The van der Waals surface area contributed by atoms with Crippen LogP contribution in [0.15, 0.2) is 24.3 Å². The molecule has 4 heteroatoms. The zero-order valence-electron chi connectivity index (χ0n) is 11.0. The van der Waals surface area contributed by atoms with E-state index >= 15 is 0 Å². The number of aliphatic hydroxyl groups is 1. The lowest BCUT2D eigenvalue weighted by Gasteiger charge is -2.15. The van der Waals surface area contributed by atoms with Gasteiger partial charge in [-0.05, 0) is 36.5 Å². The molecule has 0 spiro atoms. The lowest BCUT2D eigenvalue weighted by molar-refractivity contribution is -0.118. The average Bonchev–Trinajstić information content (AvgIpc) is 2.35. The summed E-state index contributed by atoms with van der Waals surface area (Å²) in [6.07, 6.45) is 1.53. The van der Waals surface area contributed by atoms with Gasteiger partial charge in [0.1, 0.15) is 0 Å². The molecule has 0 unspecified atom stereocenters. The van der Waals surface area contributed by atoms with Gasteiger partial charge in [-0.1, -0.05) is 26.0 Å². The van der Waals surface area contributed by atoms with Crippen LogP contribution in [-0.4, -0.2) is 23.7 Å². The number of anilines is 1. The van der Waals surface area contributed by atoms with Gasteiger partial charge < -0.3 is 16.2 Å². The van der Waals surface area contributed by atoms with E-state index in [4.69, 9.17) is 10.8 Å². The van der Waals surface area contributed by atoms with Gasteiger partial charge in [0.2, 0.25) is 5.91 Å². The van der Waals surface area contributed by atoms with Crippen LogP contribution in [-0.2, 0) is 11.2 Å². The van der Waals surface area contributed by atoms with Gasteiger partial charge in [-0.2, -0.15) is 0 Å². The Morgan fingerprint density at radius 2 is 2.17 bits per heavy atom. The van der Waals surface area contributed by atoms with E-state index in [9.17, 15) is 4.79 Å². The van der Waals surface area contributed by atoms with Crippen molar-refractivity contribution in [3.05, 3.63) is 29.8 Å². The minimum absolute atomic E-state index is 0.113. The number of rotatable bonds is 6. The average molecular weight is 250 g/mol. The summed E-state index contributed by atoms with van der Waals surface area (Å²) in [7, 11) is 0. The van der Waals surface area contributed by atoms with Crippen LogP contribution in [0.25, 0.3) is 0 Å². The highest BCUT2D eigenvalue weighted by molar-refractivity contribution is 5.94. The van der Waals surface area contributed by atoms with Crippen molar-refractivity contribution in [2.45, 2.75) is 32.7 Å². The topological polar surface area (TPSA) is 75.4 Å². The molecule has 0 aliphatic carbocycles. The van der Waals surface area contributed by atoms with Crippen LogP contribution in [0.4, 0.5) is 5.69 Å². The van der Waals surface area contributed by atoms with Crippen LogP contribution in [0.3, 0.4) is 0 Å². The highest BCUT2D eigenvalue weighted by atomic mass is 16.2. The molecule has 0 heterocycles. The third-order valence-corrected chi connectivity index (χ3v) is 2.84. The first kappa shape index (κ1) is 14.7. The van der Waals surface area contributed by atoms with Crippen LogP contribution in [0.2, 0.25) is 0 Å². The third kappa shape index (κ3) is 4.47. The molecular formula is C14H22N2O2. The Balaban J connectivity index is 2.64. The second kappa shape index (κ2) is 7.13. The number of carbonyl (C=O) groups is 1. The van der Waals surface area contributed by atoms with Gasteiger partial charge in [0, 0.05) is 12.3 Å². The largest absolute Gasteiger partial charge is 0.396 e. The first-order valence-electron chi connectivity index (χ1n) is 6.31. The standard InChI is InChI=1S/C14H22N2O2/c1-10(2)13(15)14(18)16-12-7-3-5-11(9-12)6-4-8-17/h3,5,7,9-10,13,17H,4,6,8,15H2,1-2H3,(H,16,18)/t13-/m1/s1. The molecule has 4 N–H and O–H groups in total. The van der Waals surface area contributed by atoms with Crippen molar-refractivity contribution in [3.63, 3.8) is 0 Å². The van der Waals surface area contributed by atoms with Gasteiger partial charge >= 0.3 is 0 Å². The van der Waals surface area contributed by atoms with E-state index in [1.165, 1.54) is 0 Å². The summed E-state index contributed by atoms with van der Waals surface area (Å²) in [6.45, 7) is 4.01. The monoisotopic (exact) mass is 250 g/mol. The van der Waals surface area contributed by atoms with Gasteiger partial charge in [0.05, 0.1) is 6.04 Å². The Labute approximate surface area is 108 Å². The van der Waals surface area contributed by atoms with Crippen molar-refractivity contribution in [2.24, 2.45) is 11.7 Å². The lowest BCUT2D eigenvalue weighted by Crippen LogP contribution is -2.39. The molecule has 18 heavy (non-hydrogen) atoms. The van der Waals surface area contributed by atoms with Gasteiger partial charge in [-0.25, -0.2) is 0 Å². The van der Waals surface area contributed by atoms with E-state index in [2.05, 4.69) is 5.32 Å². The lowest BCUT2D eigenvalue weighted by atomic mass is 10.0. The molecule has 0 fully saturated rings. The maximum absolute atomic E-state index is 11.8. The SMILES string of the molecule is CC(C)[C@@H](N)C(=O)Nc1cccc(CCCO)c1. The maximum Gasteiger partial charge on any atom is 0.241 e. The molecule has 0 aromatic heterocycles. The van der Waals surface area contributed by atoms with Crippen molar-refractivity contribution >= 4 is 11.6 Å². The highest BCUT2D eigenvalue weighted by Crippen LogP contribution is 2.13. The van der Waals surface area contributed by atoms with Crippen molar-refractivity contribution in [3.8, 4) is 0 Å². The van der Waals surface area contributed by atoms with E-state index in [-0.39, 0.29) is 18.4 Å². The van der Waals surface area contributed by atoms with E-state index in [1.807, 2.05) is 38.1 Å². The van der Waals surface area contributed by atoms with Crippen molar-refractivity contribution in [2.75, 3.05) is 11.9 Å². The van der Waals surface area contributed by atoms with Gasteiger partial charge in [-0.15, -0.1) is 0 Å². The number of amides is 1. The fraction of sp³-hybridized carbons (Fsp3) is 0.500. The van der Waals surface area contributed by atoms with Crippen molar-refractivity contribution in [1.82, 2.24) is 0 Å². The molecule has 100 valence electrons. The Hall–Kier alpha value is -1.39. The Bertz CT molecular complexity index is 391. The van der Waals surface area contributed by atoms with Crippen LogP contribution in [0.1, 0.15) is 25.8 Å². The second-order valence-corrected chi connectivity index (χ2v) is 4.79. The fourth-order valence-electron chi connectivity index (χ4n) is 1.62. The molecule has 0 radical (unpaired) electrons. The summed E-state index contributed by atoms with van der Waals surface area (Å²) >= 11 is 0. The molecule has 1 rings (SSSR count). The van der Waals surface area contributed by atoms with Gasteiger partial charge in [-0.3, -0.25) is 4.79 Å². The smallest absolute Gasteiger partial charge is 0.241 e. The number of benzene rings is 1. The van der Waals surface area contributed by atoms with Crippen LogP contribution < -0.4 is 11.1 Å². The molecule has 0 aliphatic heterocycles. The summed E-state index contributed by atoms with van der Waals surface area (Å²) in [5.41, 5.74) is 7.63. The second-order valence-electron chi connectivity index (χ2n) is 4.79. The first-order chi connectivity index (χ1) is 8.54. The molecule has 1 amide bonds. The molecule has 0 saturated heterocycles. The molecule has 0 saturated carbocycles. The number of nitrogens with one attached hydrogen (secondary N) is 1. The number of nitrogens with two attached hydrogens (primary N) is 1. The third-order valence-electron chi connectivity index (χ3n) is 2.84. The predicted octanol–water partition coefficient (Wildman–Crippen LogP) is 1.53. The quantitative estimate of drug-likeness (QED) is 0.716. The van der Waals surface area contributed by atoms with E-state index in [0.717, 1.165) is 24.1 Å². The van der Waals surface area contributed by atoms with Crippen LogP contribution in [0, 0.1) is 5.92 Å². The zero-order valence-corrected chi connectivity index (χ0v) is 11.0. The fourth-order valence-corrected chi connectivity index (χ4v) is 1.62. The van der Waals surface area contributed by atoms with Gasteiger partial charge in [0.15, 0.2) is 0 Å². The summed E-state index contributed by atoms with van der Waals surface area (Å²) in [5.74, 6) is -0.0492. The molecular weight excluding hydrogens is 228 g/mol. The summed E-state index contributed by atoms with van der Waals surface area (Å²) in [5, 5.41) is 11.6. The highest BCUT2D eigenvalue weighted by Gasteiger charge is 2.17. The first-order valence-corrected chi connectivity index (χ1v) is 6.31. The molecule has 0 bridgehead atoms. The van der Waals surface area contributed by atoms with Crippen molar-refractivity contribution < 1.29 is 9.90 Å². The predicted molar refractivity (Wildman–Crippen MR) is 73.3 cm³/mol. The minimum atomic E-state index is -0.494. The zero-order chi connectivity index (χ0) is 13.5. The van der Waals surface area contributed by atoms with Crippen LogP contribution >= 0.6 is 0 Å². The number of aliphatic hydroxyl groups excluding tert-OH is 1. The number of carbonyl (C=O) groups excluding carboxylic acids is 1. The molecule has 0 aliphatic rings. The van der Waals surface area contributed by atoms with Crippen molar-refractivity contribution in [1.29, 1.82) is 0 Å². The maximum atomic E-state index is 11.8. The molecule has 1 aromatic carbocycles. The Morgan fingerprint density at radius 1 is 1.44 bits per heavy atom. The molecule has 1 aromatic rings. The van der Waals surface area contributed by atoms with Crippen LogP contribution in [0.5, 0.6) is 0 Å². The van der Waals surface area contributed by atoms with E-state index in [0.29, 0.717) is 0 Å². The minimum Gasteiger partial charge on any atom is -0.396 e. The normalized spacial score (nSPS) is 12.5.